The molecular weight excluding hydrogens is 252 g/mol. The van der Waals surface area contributed by atoms with Gasteiger partial charge in [0.15, 0.2) is 0 Å². The molecule has 2 aromatic rings. The van der Waals surface area contributed by atoms with Crippen molar-refractivity contribution in [2.24, 2.45) is 5.92 Å². The number of benzene rings is 1. The lowest BCUT2D eigenvalue weighted by Gasteiger charge is -2.40. The molecule has 1 heterocycles. The van der Waals surface area contributed by atoms with E-state index in [9.17, 15) is 5.11 Å². The number of ether oxygens (including phenoxy) is 1. The normalized spacial score (nSPS) is 28.6. The van der Waals surface area contributed by atoms with Gasteiger partial charge in [0.05, 0.1) is 0 Å². The Balaban J connectivity index is 1.91. The molecule has 0 amide bonds. The van der Waals surface area contributed by atoms with Gasteiger partial charge in [-0.1, -0.05) is 25.1 Å². The maximum Gasteiger partial charge on any atom is 0.140 e. The Bertz CT molecular complexity index is 546. The highest BCUT2D eigenvalue weighted by atomic mass is 16.5. The van der Waals surface area contributed by atoms with Gasteiger partial charge in [-0.05, 0) is 43.7 Å². The Morgan fingerprint density at radius 1 is 1.30 bits per heavy atom. The average molecular weight is 274 g/mol. The zero-order valence-corrected chi connectivity index (χ0v) is 12.1. The van der Waals surface area contributed by atoms with Gasteiger partial charge in [-0.3, -0.25) is 0 Å². The summed E-state index contributed by atoms with van der Waals surface area (Å²) in [5.41, 5.74) is 0.317. The van der Waals surface area contributed by atoms with E-state index in [4.69, 9.17) is 9.15 Å². The third-order valence-corrected chi connectivity index (χ3v) is 4.74. The monoisotopic (exact) mass is 274 g/mol. The van der Waals surface area contributed by atoms with E-state index < -0.39 is 11.7 Å². The molecule has 0 saturated heterocycles. The summed E-state index contributed by atoms with van der Waals surface area (Å²) in [6.07, 6.45) is 3.23. The van der Waals surface area contributed by atoms with Crippen molar-refractivity contribution < 1.29 is 14.3 Å². The molecule has 1 aromatic heterocycles. The molecule has 1 fully saturated rings. The molecule has 3 heteroatoms. The van der Waals surface area contributed by atoms with Gasteiger partial charge in [0.1, 0.15) is 23.0 Å². The fourth-order valence-electron chi connectivity index (χ4n) is 3.24. The van der Waals surface area contributed by atoms with Crippen LogP contribution < -0.4 is 0 Å². The minimum Gasteiger partial charge on any atom is -0.458 e. The van der Waals surface area contributed by atoms with Crippen LogP contribution in [0.5, 0.6) is 0 Å². The standard InChI is InChI=1S/C17H22O3/c1-12-7-9-17(19-2,10-8-12)16(18)15-11-13-5-3-4-6-14(13)20-15/h3-6,11-12,16,18H,7-10H2,1-2H3. The van der Waals surface area contributed by atoms with Gasteiger partial charge in [-0.25, -0.2) is 0 Å². The van der Waals surface area contributed by atoms with Crippen molar-refractivity contribution in [3.63, 3.8) is 0 Å². The highest BCUT2D eigenvalue weighted by Crippen LogP contribution is 2.43. The van der Waals surface area contributed by atoms with Crippen molar-refractivity contribution >= 4 is 11.0 Å². The third kappa shape index (κ3) is 2.25. The number of methoxy groups -OCH3 is 1. The van der Waals surface area contributed by atoms with Crippen LogP contribution in [0.4, 0.5) is 0 Å². The van der Waals surface area contributed by atoms with Gasteiger partial charge < -0.3 is 14.3 Å². The van der Waals surface area contributed by atoms with Crippen LogP contribution in [0.2, 0.25) is 0 Å². The lowest BCUT2D eigenvalue weighted by molar-refractivity contribution is -0.136. The first-order chi connectivity index (χ1) is 9.64. The number of fused-ring (bicyclic) bond motifs is 1. The summed E-state index contributed by atoms with van der Waals surface area (Å²) in [4.78, 5) is 0. The number of aliphatic hydroxyl groups is 1. The van der Waals surface area contributed by atoms with Crippen LogP contribution in [0.1, 0.15) is 44.5 Å². The maximum absolute atomic E-state index is 10.8. The fraction of sp³-hybridized carbons (Fsp3) is 0.529. The highest BCUT2D eigenvalue weighted by molar-refractivity contribution is 5.77. The Hall–Kier alpha value is -1.32. The van der Waals surface area contributed by atoms with Gasteiger partial charge in [0.25, 0.3) is 0 Å². The first-order valence-corrected chi connectivity index (χ1v) is 7.36. The van der Waals surface area contributed by atoms with E-state index in [0.717, 1.165) is 36.7 Å². The smallest absolute Gasteiger partial charge is 0.140 e. The van der Waals surface area contributed by atoms with Crippen molar-refractivity contribution in [1.29, 1.82) is 0 Å². The molecule has 0 aliphatic heterocycles. The summed E-state index contributed by atoms with van der Waals surface area (Å²) in [5.74, 6) is 1.32. The number of hydrogen-bond acceptors (Lipinski definition) is 3. The first kappa shape index (κ1) is 13.7. The summed E-state index contributed by atoms with van der Waals surface area (Å²) in [6, 6.07) is 9.77. The van der Waals surface area contributed by atoms with E-state index in [0.29, 0.717) is 11.7 Å². The van der Waals surface area contributed by atoms with Gasteiger partial charge >= 0.3 is 0 Å². The van der Waals surface area contributed by atoms with E-state index in [1.54, 1.807) is 7.11 Å². The molecule has 1 atom stereocenters. The second-order valence-corrected chi connectivity index (χ2v) is 6.04. The predicted molar refractivity (Wildman–Crippen MR) is 78.5 cm³/mol. The Labute approximate surface area is 119 Å². The number of aliphatic hydroxyl groups excluding tert-OH is 1. The van der Waals surface area contributed by atoms with E-state index in [2.05, 4.69) is 6.92 Å². The van der Waals surface area contributed by atoms with Crippen molar-refractivity contribution in [2.45, 2.75) is 44.3 Å². The van der Waals surface area contributed by atoms with E-state index in [-0.39, 0.29) is 0 Å². The molecule has 0 bridgehead atoms. The zero-order valence-electron chi connectivity index (χ0n) is 12.1. The zero-order chi connectivity index (χ0) is 14.2. The molecule has 3 rings (SSSR count). The molecule has 1 unspecified atom stereocenters. The minimum atomic E-state index is -0.701. The quantitative estimate of drug-likeness (QED) is 0.917. The molecule has 1 aliphatic rings. The summed E-state index contributed by atoms with van der Waals surface area (Å²) in [6.45, 7) is 2.26. The van der Waals surface area contributed by atoms with Crippen molar-refractivity contribution in [3.05, 3.63) is 36.1 Å². The predicted octanol–water partition coefficient (Wildman–Crippen LogP) is 4.06. The number of hydrogen-bond donors (Lipinski definition) is 1. The van der Waals surface area contributed by atoms with Crippen molar-refractivity contribution in [2.75, 3.05) is 7.11 Å². The van der Waals surface area contributed by atoms with Crippen LogP contribution in [-0.2, 0) is 4.74 Å². The molecule has 0 spiro atoms. The van der Waals surface area contributed by atoms with Crippen molar-refractivity contribution in [3.8, 4) is 0 Å². The van der Waals surface area contributed by atoms with Crippen LogP contribution in [-0.4, -0.2) is 17.8 Å². The lowest BCUT2D eigenvalue weighted by Crippen LogP contribution is -2.41. The minimum absolute atomic E-state index is 0.500. The topological polar surface area (TPSA) is 42.6 Å². The van der Waals surface area contributed by atoms with E-state index in [1.807, 2.05) is 30.3 Å². The van der Waals surface area contributed by atoms with E-state index in [1.165, 1.54) is 0 Å². The van der Waals surface area contributed by atoms with Crippen LogP contribution in [0.15, 0.2) is 34.7 Å². The molecular formula is C17H22O3. The van der Waals surface area contributed by atoms with E-state index >= 15 is 0 Å². The van der Waals surface area contributed by atoms with Crippen LogP contribution in [0.25, 0.3) is 11.0 Å². The molecule has 1 N–H and O–H groups in total. The summed E-state index contributed by atoms with van der Waals surface area (Å²) in [5, 5.41) is 11.8. The summed E-state index contributed by atoms with van der Waals surface area (Å²) >= 11 is 0. The molecule has 3 nitrogen and oxygen atoms in total. The van der Waals surface area contributed by atoms with Gasteiger partial charge in [-0.2, -0.15) is 0 Å². The molecule has 1 aromatic carbocycles. The van der Waals surface area contributed by atoms with Crippen LogP contribution in [0.3, 0.4) is 0 Å². The summed E-state index contributed by atoms with van der Waals surface area (Å²) in [7, 11) is 1.70. The Morgan fingerprint density at radius 3 is 2.65 bits per heavy atom. The Morgan fingerprint density at radius 2 is 2.00 bits per heavy atom. The fourth-order valence-corrected chi connectivity index (χ4v) is 3.24. The second-order valence-electron chi connectivity index (χ2n) is 6.04. The maximum atomic E-state index is 10.8. The molecule has 0 radical (unpaired) electrons. The number of furan rings is 1. The SMILES string of the molecule is COC1(C(O)c2cc3ccccc3o2)CCC(C)CC1. The number of rotatable bonds is 3. The second kappa shape index (κ2) is 5.23. The number of para-hydroxylation sites is 1. The lowest BCUT2D eigenvalue weighted by atomic mass is 9.75. The third-order valence-electron chi connectivity index (χ3n) is 4.74. The van der Waals surface area contributed by atoms with Crippen LogP contribution in [0, 0.1) is 5.92 Å². The molecule has 20 heavy (non-hydrogen) atoms. The largest absolute Gasteiger partial charge is 0.458 e. The van der Waals surface area contributed by atoms with Gasteiger partial charge in [0.2, 0.25) is 0 Å². The highest BCUT2D eigenvalue weighted by Gasteiger charge is 2.43. The van der Waals surface area contributed by atoms with Crippen molar-refractivity contribution in [1.82, 2.24) is 0 Å². The molecule has 1 aliphatic carbocycles. The first-order valence-electron chi connectivity index (χ1n) is 7.36. The molecule has 108 valence electrons. The van der Waals surface area contributed by atoms with Gasteiger partial charge in [0, 0.05) is 12.5 Å². The molecule has 1 saturated carbocycles. The Kier molecular flexibility index (Phi) is 3.57. The van der Waals surface area contributed by atoms with Gasteiger partial charge in [-0.15, -0.1) is 0 Å². The average Bonchev–Trinajstić information content (AvgIpc) is 2.91. The van der Waals surface area contributed by atoms with Crippen LogP contribution >= 0.6 is 0 Å². The summed E-state index contributed by atoms with van der Waals surface area (Å²) < 4.78 is 11.5.